The van der Waals surface area contributed by atoms with Crippen LogP contribution in [0.5, 0.6) is 0 Å². The van der Waals surface area contributed by atoms with Crippen LogP contribution in [0.25, 0.3) is 21.6 Å². The van der Waals surface area contributed by atoms with Gasteiger partial charge in [-0.2, -0.15) is 10.2 Å². The summed E-state index contributed by atoms with van der Waals surface area (Å²) in [5, 5.41) is 21.4. The number of aliphatic hydroxyl groups excluding tert-OH is 1. The van der Waals surface area contributed by atoms with Gasteiger partial charge in [0.05, 0.1) is 30.2 Å². The Morgan fingerprint density at radius 2 is 2.00 bits per heavy atom. The van der Waals surface area contributed by atoms with Gasteiger partial charge in [-0.05, 0) is 92.0 Å². The van der Waals surface area contributed by atoms with Gasteiger partial charge in [0.15, 0.2) is 5.01 Å². The lowest BCUT2D eigenvalue weighted by molar-refractivity contribution is 0.0795. The van der Waals surface area contributed by atoms with Gasteiger partial charge in [-0.3, -0.25) is 9.78 Å². The first-order valence-electron chi connectivity index (χ1n) is 15.2. The molecule has 7 rings (SSSR count). The molecule has 1 saturated carbocycles. The Kier molecular flexibility index (Phi) is 7.46. The summed E-state index contributed by atoms with van der Waals surface area (Å²) < 4.78 is 0. The maximum absolute atomic E-state index is 13.6. The van der Waals surface area contributed by atoms with Crippen LogP contribution in [0.2, 0.25) is 0 Å². The number of aryl methyl sites for hydroxylation is 1. The molecule has 218 valence electrons. The second-order valence-corrected chi connectivity index (χ2v) is 13.5. The molecule has 1 saturated heterocycles. The van der Waals surface area contributed by atoms with Gasteiger partial charge >= 0.3 is 0 Å². The number of nitrogens with one attached hydrogen (secondary N) is 1. The third kappa shape index (κ3) is 5.80. The molecule has 2 atom stereocenters. The summed E-state index contributed by atoms with van der Waals surface area (Å²) in [5.74, 6) is 0.546. The third-order valence-corrected chi connectivity index (χ3v) is 10.6. The predicted octanol–water partition coefficient (Wildman–Crippen LogP) is 4.77. The molecular formula is C32H37N7O2S. The standard InChI is InChI=1S/C32H37N7O2S/c1-32(10-11-32)23-3-5-26-22(16-23)17-28-30(37-26)42-31(38-28)29(41)36-27(9-15-39-13-7-24(40)8-14-39)20-2-4-25(33-18-20)21-6-12-34-35-19-21/h2,4,6,12,17-19,23-24,27,40H,3,5,7-11,13-16H2,1H3,(H,36,41)/t23-,27?/m0/s1. The van der Waals surface area contributed by atoms with E-state index in [9.17, 15) is 9.90 Å². The molecule has 1 unspecified atom stereocenters. The van der Waals surface area contributed by atoms with Crippen molar-refractivity contribution >= 4 is 27.6 Å². The van der Waals surface area contributed by atoms with E-state index in [4.69, 9.17) is 9.97 Å². The molecule has 0 radical (unpaired) electrons. The lowest BCUT2D eigenvalue weighted by Gasteiger charge is -2.31. The molecule has 0 spiro atoms. The molecule has 4 aromatic rings. The Morgan fingerprint density at radius 3 is 2.74 bits per heavy atom. The molecule has 42 heavy (non-hydrogen) atoms. The molecule has 5 heterocycles. The number of fused-ring (bicyclic) bond motifs is 2. The van der Waals surface area contributed by atoms with Crippen LogP contribution in [0.4, 0.5) is 0 Å². The second-order valence-electron chi connectivity index (χ2n) is 12.5. The Hall–Kier alpha value is -3.34. The Balaban J connectivity index is 1.10. The minimum absolute atomic E-state index is 0.180. The minimum Gasteiger partial charge on any atom is -0.393 e. The van der Waals surface area contributed by atoms with Crippen LogP contribution in [0.1, 0.15) is 78.1 Å². The summed E-state index contributed by atoms with van der Waals surface area (Å²) in [7, 11) is 0. The number of piperidine rings is 1. The van der Waals surface area contributed by atoms with Crippen LogP contribution in [0.3, 0.4) is 0 Å². The molecule has 1 aliphatic heterocycles. The van der Waals surface area contributed by atoms with E-state index in [1.807, 2.05) is 24.4 Å². The smallest absolute Gasteiger partial charge is 0.280 e. The lowest BCUT2D eigenvalue weighted by atomic mass is 9.77. The summed E-state index contributed by atoms with van der Waals surface area (Å²) >= 11 is 1.38. The number of amides is 1. The Bertz CT molecular complexity index is 1560. The zero-order chi connectivity index (χ0) is 28.7. The molecule has 9 nitrogen and oxygen atoms in total. The highest BCUT2D eigenvalue weighted by atomic mass is 32.1. The van der Waals surface area contributed by atoms with Crippen LogP contribution in [0, 0.1) is 11.3 Å². The number of nitrogens with zero attached hydrogens (tertiary/aromatic N) is 6. The van der Waals surface area contributed by atoms with Crippen molar-refractivity contribution in [2.45, 2.75) is 70.4 Å². The number of carbonyl (C=O) groups is 1. The van der Waals surface area contributed by atoms with E-state index in [-0.39, 0.29) is 18.1 Å². The summed E-state index contributed by atoms with van der Waals surface area (Å²) in [6.45, 7) is 4.97. The van der Waals surface area contributed by atoms with E-state index < -0.39 is 0 Å². The SMILES string of the molecule is CC1([C@H]2CCc3nc4sc(C(=O)NC(CCN5CCC(O)CC5)c5ccc(-c6ccnnc6)nc5)nc4cc3C2)CC1. The molecular weight excluding hydrogens is 546 g/mol. The number of pyridine rings is 2. The van der Waals surface area contributed by atoms with E-state index in [0.717, 1.165) is 84.8 Å². The lowest BCUT2D eigenvalue weighted by Crippen LogP contribution is -2.38. The summed E-state index contributed by atoms with van der Waals surface area (Å²) in [5.41, 5.74) is 6.47. The van der Waals surface area contributed by atoms with Crippen molar-refractivity contribution in [1.29, 1.82) is 0 Å². The van der Waals surface area contributed by atoms with Crippen LogP contribution < -0.4 is 5.32 Å². The predicted molar refractivity (Wildman–Crippen MR) is 162 cm³/mol. The largest absolute Gasteiger partial charge is 0.393 e. The topological polar surface area (TPSA) is 117 Å². The third-order valence-electron chi connectivity index (χ3n) is 9.63. The van der Waals surface area contributed by atoms with E-state index >= 15 is 0 Å². The molecule has 0 aromatic carbocycles. The quantitative estimate of drug-likeness (QED) is 0.305. The minimum atomic E-state index is -0.227. The maximum Gasteiger partial charge on any atom is 0.280 e. The van der Waals surface area contributed by atoms with Crippen molar-refractivity contribution in [2.24, 2.45) is 11.3 Å². The first kappa shape index (κ1) is 27.5. The van der Waals surface area contributed by atoms with Gasteiger partial charge in [0, 0.05) is 37.1 Å². The summed E-state index contributed by atoms with van der Waals surface area (Å²) in [4.78, 5) is 31.2. The van der Waals surface area contributed by atoms with Crippen molar-refractivity contribution < 1.29 is 9.90 Å². The monoisotopic (exact) mass is 583 g/mol. The first-order valence-corrected chi connectivity index (χ1v) is 16.0. The molecule has 0 bridgehead atoms. The van der Waals surface area contributed by atoms with Gasteiger partial charge in [-0.25, -0.2) is 9.97 Å². The van der Waals surface area contributed by atoms with Gasteiger partial charge in [0.2, 0.25) is 0 Å². The number of hydrogen-bond acceptors (Lipinski definition) is 9. The highest BCUT2D eigenvalue weighted by molar-refractivity contribution is 7.19. The van der Waals surface area contributed by atoms with Crippen LogP contribution in [-0.2, 0) is 12.8 Å². The molecule has 3 aliphatic rings. The van der Waals surface area contributed by atoms with Crippen molar-refractivity contribution in [1.82, 2.24) is 35.4 Å². The van der Waals surface area contributed by atoms with Crippen molar-refractivity contribution in [3.63, 3.8) is 0 Å². The van der Waals surface area contributed by atoms with Crippen molar-refractivity contribution in [3.05, 3.63) is 64.7 Å². The average molecular weight is 584 g/mol. The van der Waals surface area contributed by atoms with Gasteiger partial charge in [-0.15, -0.1) is 0 Å². The Labute approximate surface area is 249 Å². The van der Waals surface area contributed by atoms with Gasteiger partial charge in [0.25, 0.3) is 5.91 Å². The zero-order valence-corrected chi connectivity index (χ0v) is 24.8. The summed E-state index contributed by atoms with van der Waals surface area (Å²) in [6, 6.07) is 7.82. The van der Waals surface area contributed by atoms with Crippen molar-refractivity contribution in [3.8, 4) is 11.3 Å². The van der Waals surface area contributed by atoms with Gasteiger partial charge < -0.3 is 15.3 Å². The number of aromatic nitrogens is 5. The summed E-state index contributed by atoms with van der Waals surface area (Å²) in [6.07, 6.45) is 13.2. The highest BCUT2D eigenvalue weighted by Gasteiger charge is 2.45. The molecule has 4 aromatic heterocycles. The molecule has 2 N–H and O–H groups in total. The average Bonchev–Trinajstić information content (AvgIpc) is 3.64. The fourth-order valence-electron chi connectivity index (χ4n) is 6.53. The molecule has 2 fully saturated rings. The zero-order valence-electron chi connectivity index (χ0n) is 24.0. The van der Waals surface area contributed by atoms with E-state index in [1.54, 1.807) is 12.4 Å². The van der Waals surface area contributed by atoms with Crippen LogP contribution in [-0.4, -0.2) is 66.8 Å². The van der Waals surface area contributed by atoms with E-state index in [1.165, 1.54) is 41.9 Å². The molecule has 1 amide bonds. The first-order chi connectivity index (χ1) is 20.4. The number of thiazole rings is 1. The fraction of sp³-hybridized carbons (Fsp3) is 0.500. The van der Waals surface area contributed by atoms with E-state index in [2.05, 4.69) is 38.4 Å². The number of hydrogen-bond donors (Lipinski definition) is 2. The number of aliphatic hydroxyl groups is 1. The van der Waals surface area contributed by atoms with Crippen molar-refractivity contribution in [2.75, 3.05) is 19.6 Å². The second kappa shape index (κ2) is 11.4. The number of rotatable bonds is 8. The van der Waals surface area contributed by atoms with Gasteiger partial charge in [-0.1, -0.05) is 24.3 Å². The Morgan fingerprint density at radius 1 is 1.14 bits per heavy atom. The van der Waals surface area contributed by atoms with Crippen LogP contribution >= 0.6 is 11.3 Å². The number of likely N-dealkylation sites (tertiary alicyclic amines) is 1. The highest BCUT2D eigenvalue weighted by Crippen LogP contribution is 2.55. The normalized spacial score (nSPS) is 21.1. The maximum atomic E-state index is 13.6. The molecule has 2 aliphatic carbocycles. The van der Waals surface area contributed by atoms with Gasteiger partial charge in [0.1, 0.15) is 10.3 Å². The number of carbonyl (C=O) groups excluding carboxylic acids is 1. The molecule has 10 heteroatoms. The van der Waals surface area contributed by atoms with E-state index in [0.29, 0.717) is 10.4 Å². The fourth-order valence-corrected chi connectivity index (χ4v) is 7.37. The van der Waals surface area contributed by atoms with Crippen LogP contribution in [0.15, 0.2) is 42.9 Å².